The quantitative estimate of drug-likeness (QED) is 0.881. The van der Waals surface area contributed by atoms with Crippen molar-refractivity contribution < 1.29 is 0 Å². The Morgan fingerprint density at radius 2 is 2.11 bits per heavy atom. The first-order valence-corrected chi connectivity index (χ1v) is 7.20. The highest BCUT2D eigenvalue weighted by atomic mass is 79.9. The van der Waals surface area contributed by atoms with Gasteiger partial charge in [0.25, 0.3) is 0 Å². The number of aryl methyl sites for hydroxylation is 2. The first kappa shape index (κ1) is 13.1. The van der Waals surface area contributed by atoms with Crippen molar-refractivity contribution in [3.63, 3.8) is 0 Å². The average Bonchev–Trinajstić information content (AvgIpc) is 2.66. The van der Waals surface area contributed by atoms with Gasteiger partial charge in [-0.1, -0.05) is 12.1 Å². The van der Waals surface area contributed by atoms with Crippen molar-refractivity contribution in [2.45, 2.75) is 19.9 Å². The second-order valence-corrected chi connectivity index (χ2v) is 6.27. The predicted molar refractivity (Wildman–Crippen MR) is 79.9 cm³/mol. The SMILES string of the molecule is Cc1cccc(NC(C#N)c2cc(Br)c(C)s2)c1. The van der Waals surface area contributed by atoms with Crippen LogP contribution in [0.5, 0.6) is 0 Å². The fraction of sp³-hybridized carbons (Fsp3) is 0.214. The zero-order valence-corrected chi connectivity index (χ0v) is 12.6. The van der Waals surface area contributed by atoms with E-state index in [0.717, 1.165) is 15.0 Å². The third-order valence-electron chi connectivity index (χ3n) is 2.62. The molecular weight excluding hydrogens is 308 g/mol. The number of rotatable bonds is 3. The summed E-state index contributed by atoms with van der Waals surface area (Å²) in [6.45, 7) is 4.08. The van der Waals surface area contributed by atoms with E-state index >= 15 is 0 Å². The lowest BCUT2D eigenvalue weighted by Crippen LogP contribution is -2.06. The van der Waals surface area contributed by atoms with Crippen molar-refractivity contribution >= 4 is 33.0 Å². The lowest BCUT2D eigenvalue weighted by molar-refractivity contribution is 1.03. The van der Waals surface area contributed by atoms with Gasteiger partial charge in [-0.2, -0.15) is 5.26 Å². The molecule has 0 bridgehead atoms. The summed E-state index contributed by atoms with van der Waals surface area (Å²) in [5, 5.41) is 12.5. The molecular formula is C14H13BrN2S. The maximum atomic E-state index is 9.29. The smallest absolute Gasteiger partial charge is 0.149 e. The summed E-state index contributed by atoms with van der Waals surface area (Å²) in [4.78, 5) is 2.22. The molecule has 4 heteroatoms. The monoisotopic (exact) mass is 320 g/mol. The second-order valence-electron chi connectivity index (χ2n) is 4.13. The van der Waals surface area contributed by atoms with Crippen LogP contribution in [0.2, 0.25) is 0 Å². The summed E-state index contributed by atoms with van der Waals surface area (Å²) >= 11 is 5.12. The van der Waals surface area contributed by atoms with Gasteiger partial charge in [0.15, 0.2) is 0 Å². The number of benzene rings is 1. The normalized spacial score (nSPS) is 11.9. The fourth-order valence-electron chi connectivity index (χ4n) is 1.69. The first-order valence-electron chi connectivity index (χ1n) is 5.59. The number of anilines is 1. The van der Waals surface area contributed by atoms with Crippen LogP contribution in [-0.4, -0.2) is 0 Å². The molecule has 1 N–H and O–H groups in total. The third-order valence-corrected chi connectivity index (χ3v) is 4.82. The molecule has 0 aliphatic carbocycles. The van der Waals surface area contributed by atoms with E-state index in [9.17, 15) is 5.26 Å². The Hall–Kier alpha value is -1.31. The highest BCUT2D eigenvalue weighted by Gasteiger charge is 2.14. The van der Waals surface area contributed by atoms with E-state index in [2.05, 4.69) is 27.3 Å². The van der Waals surface area contributed by atoms with Crippen LogP contribution in [0.15, 0.2) is 34.8 Å². The lowest BCUT2D eigenvalue weighted by atomic mass is 10.2. The number of hydrogen-bond donors (Lipinski definition) is 1. The molecule has 1 atom stereocenters. The van der Waals surface area contributed by atoms with Crippen molar-refractivity contribution in [2.75, 3.05) is 5.32 Å². The van der Waals surface area contributed by atoms with Crippen LogP contribution < -0.4 is 5.32 Å². The van der Waals surface area contributed by atoms with Crippen LogP contribution in [-0.2, 0) is 0 Å². The van der Waals surface area contributed by atoms with Gasteiger partial charge in [-0.05, 0) is 53.5 Å². The highest BCUT2D eigenvalue weighted by molar-refractivity contribution is 9.10. The molecule has 0 fully saturated rings. The minimum Gasteiger partial charge on any atom is -0.366 e. The Kier molecular flexibility index (Phi) is 4.05. The lowest BCUT2D eigenvalue weighted by Gasteiger charge is -2.11. The highest BCUT2D eigenvalue weighted by Crippen LogP contribution is 2.32. The maximum Gasteiger partial charge on any atom is 0.149 e. The predicted octanol–water partition coefficient (Wildman–Crippen LogP) is 4.80. The van der Waals surface area contributed by atoms with Gasteiger partial charge < -0.3 is 5.32 Å². The number of halogens is 1. The van der Waals surface area contributed by atoms with Crippen molar-refractivity contribution in [3.8, 4) is 6.07 Å². The van der Waals surface area contributed by atoms with E-state index in [0.29, 0.717) is 0 Å². The Labute approximate surface area is 119 Å². The van der Waals surface area contributed by atoms with Crippen LogP contribution >= 0.6 is 27.3 Å². The molecule has 0 saturated carbocycles. The van der Waals surface area contributed by atoms with Crippen molar-refractivity contribution in [1.82, 2.24) is 0 Å². The largest absolute Gasteiger partial charge is 0.366 e. The van der Waals surface area contributed by atoms with Crippen molar-refractivity contribution in [1.29, 1.82) is 5.26 Å². The van der Waals surface area contributed by atoms with Crippen molar-refractivity contribution in [3.05, 3.63) is 50.1 Å². The summed E-state index contributed by atoms with van der Waals surface area (Å²) in [6.07, 6.45) is 0. The van der Waals surface area contributed by atoms with Crippen LogP contribution in [0.4, 0.5) is 5.69 Å². The molecule has 1 aromatic heterocycles. The standard InChI is InChI=1S/C14H13BrN2S/c1-9-4-3-5-11(6-9)17-13(8-16)14-7-12(15)10(2)18-14/h3-7,13,17H,1-2H3. The summed E-state index contributed by atoms with van der Waals surface area (Å²) < 4.78 is 1.06. The van der Waals surface area contributed by atoms with Gasteiger partial charge in [-0.25, -0.2) is 0 Å². The Balaban J connectivity index is 2.23. The summed E-state index contributed by atoms with van der Waals surface area (Å²) in [5.74, 6) is 0. The summed E-state index contributed by atoms with van der Waals surface area (Å²) in [7, 11) is 0. The third kappa shape index (κ3) is 2.92. The topological polar surface area (TPSA) is 35.8 Å². The van der Waals surface area contributed by atoms with E-state index < -0.39 is 0 Å². The minimum atomic E-state index is -0.304. The Morgan fingerprint density at radius 3 is 2.67 bits per heavy atom. The molecule has 92 valence electrons. The molecule has 0 aliphatic rings. The number of thiophene rings is 1. The van der Waals surface area contributed by atoms with E-state index in [1.807, 2.05) is 44.2 Å². The van der Waals surface area contributed by atoms with E-state index in [1.54, 1.807) is 11.3 Å². The molecule has 0 saturated heterocycles. The van der Waals surface area contributed by atoms with Gasteiger partial charge in [0.05, 0.1) is 6.07 Å². The van der Waals surface area contributed by atoms with Crippen LogP contribution in [0.25, 0.3) is 0 Å². The molecule has 0 aliphatic heterocycles. The Morgan fingerprint density at radius 1 is 1.33 bits per heavy atom. The molecule has 1 heterocycles. The second kappa shape index (κ2) is 5.55. The molecule has 2 rings (SSSR count). The van der Waals surface area contributed by atoms with E-state index in [-0.39, 0.29) is 6.04 Å². The van der Waals surface area contributed by atoms with Gasteiger partial charge in [0.1, 0.15) is 6.04 Å². The summed E-state index contributed by atoms with van der Waals surface area (Å²) in [5.41, 5.74) is 2.16. The molecule has 1 aromatic carbocycles. The molecule has 2 nitrogen and oxygen atoms in total. The molecule has 0 amide bonds. The summed E-state index contributed by atoms with van der Waals surface area (Å²) in [6, 6.07) is 12.1. The first-order chi connectivity index (χ1) is 8.60. The number of nitrogens with zero attached hydrogens (tertiary/aromatic N) is 1. The van der Waals surface area contributed by atoms with Gasteiger partial charge >= 0.3 is 0 Å². The zero-order chi connectivity index (χ0) is 13.1. The molecule has 18 heavy (non-hydrogen) atoms. The van der Waals surface area contributed by atoms with Gasteiger partial charge in [-0.15, -0.1) is 11.3 Å². The van der Waals surface area contributed by atoms with E-state index in [4.69, 9.17) is 0 Å². The van der Waals surface area contributed by atoms with Gasteiger partial charge in [-0.3, -0.25) is 0 Å². The molecule has 2 aromatic rings. The van der Waals surface area contributed by atoms with Gasteiger partial charge in [0, 0.05) is 19.9 Å². The zero-order valence-electron chi connectivity index (χ0n) is 10.2. The van der Waals surface area contributed by atoms with Gasteiger partial charge in [0.2, 0.25) is 0 Å². The van der Waals surface area contributed by atoms with Crippen LogP contribution in [0.1, 0.15) is 21.4 Å². The minimum absolute atomic E-state index is 0.304. The van der Waals surface area contributed by atoms with Crippen LogP contribution in [0.3, 0.4) is 0 Å². The number of nitriles is 1. The number of nitrogens with one attached hydrogen (secondary N) is 1. The maximum absolute atomic E-state index is 9.29. The average molecular weight is 321 g/mol. The van der Waals surface area contributed by atoms with E-state index in [1.165, 1.54) is 10.4 Å². The molecule has 0 radical (unpaired) electrons. The fourth-order valence-corrected chi connectivity index (χ4v) is 3.25. The number of hydrogen-bond acceptors (Lipinski definition) is 3. The molecule has 1 unspecified atom stereocenters. The van der Waals surface area contributed by atoms with Crippen molar-refractivity contribution in [2.24, 2.45) is 0 Å². The Bertz CT molecular complexity index is 579. The molecule has 0 spiro atoms. The van der Waals surface area contributed by atoms with Crippen LogP contribution in [0, 0.1) is 25.2 Å².